The zero-order chi connectivity index (χ0) is 20.7. The molecule has 1 atom stereocenters. The molecule has 0 saturated heterocycles. The third kappa shape index (κ3) is 3.36. The van der Waals surface area contributed by atoms with Gasteiger partial charge in [-0.3, -0.25) is 0 Å². The first-order chi connectivity index (χ1) is 14.6. The summed E-state index contributed by atoms with van der Waals surface area (Å²) in [5, 5.41) is 1.23. The summed E-state index contributed by atoms with van der Waals surface area (Å²) in [5.41, 5.74) is 4.37. The van der Waals surface area contributed by atoms with Crippen LogP contribution in [0.2, 0.25) is 0 Å². The van der Waals surface area contributed by atoms with Gasteiger partial charge in [-0.1, -0.05) is 42.0 Å². The summed E-state index contributed by atoms with van der Waals surface area (Å²) in [6, 6.07) is 20.2. The lowest BCUT2D eigenvalue weighted by atomic mass is 10.1. The normalized spacial score (nSPS) is 16.0. The average Bonchev–Trinajstić information content (AvgIpc) is 3.36. The van der Waals surface area contributed by atoms with Crippen molar-refractivity contribution in [3.05, 3.63) is 107 Å². The highest BCUT2D eigenvalue weighted by molar-refractivity contribution is 5.95. The van der Waals surface area contributed by atoms with E-state index >= 15 is 0 Å². The number of hydrogen-bond donors (Lipinski definition) is 0. The molecule has 0 aliphatic carbocycles. The van der Waals surface area contributed by atoms with E-state index in [1.807, 2.05) is 12.1 Å². The average molecular weight is 402 g/mol. The molecular weight excluding hydrogens is 382 g/mol. The molecule has 0 N–H and O–H groups in total. The number of halogens is 2. The van der Waals surface area contributed by atoms with Gasteiger partial charge in [-0.2, -0.15) is 0 Å². The van der Waals surface area contributed by atoms with Crippen LogP contribution in [0, 0.1) is 18.6 Å². The van der Waals surface area contributed by atoms with Gasteiger partial charge in [-0.15, -0.1) is 0 Å². The minimum Gasteiger partial charge on any atom is -0.475 e. The number of fused-ring (bicyclic) bond motifs is 1. The first-order valence-electron chi connectivity index (χ1n) is 9.88. The van der Waals surface area contributed by atoms with Crippen LogP contribution in [0.1, 0.15) is 28.3 Å². The molecule has 30 heavy (non-hydrogen) atoms. The molecular formula is C25H20F2N2O. The van der Waals surface area contributed by atoms with Crippen LogP contribution >= 0.6 is 0 Å². The van der Waals surface area contributed by atoms with E-state index in [9.17, 15) is 8.78 Å². The molecule has 150 valence electrons. The van der Waals surface area contributed by atoms with Crippen molar-refractivity contribution in [3.8, 4) is 0 Å². The van der Waals surface area contributed by atoms with Crippen molar-refractivity contribution in [1.29, 1.82) is 0 Å². The van der Waals surface area contributed by atoms with Crippen LogP contribution in [0.3, 0.4) is 0 Å². The largest absolute Gasteiger partial charge is 0.475 e. The Bertz CT molecular complexity index is 1240. The third-order valence-electron chi connectivity index (χ3n) is 5.47. The Labute approximate surface area is 173 Å². The molecule has 0 radical (unpaired) electrons. The van der Waals surface area contributed by atoms with E-state index < -0.39 is 11.6 Å². The van der Waals surface area contributed by atoms with E-state index in [1.165, 1.54) is 40.2 Å². The SMILES string of the molecule is Cc1ccc2c(ccn2Cc2ccc(C3COC(c4c(F)cccc4F)=N3)cc2)c1. The fourth-order valence-electron chi connectivity index (χ4n) is 3.88. The maximum Gasteiger partial charge on any atom is 0.222 e. The smallest absolute Gasteiger partial charge is 0.222 e. The van der Waals surface area contributed by atoms with E-state index in [-0.39, 0.29) is 24.1 Å². The van der Waals surface area contributed by atoms with Gasteiger partial charge in [-0.25, -0.2) is 13.8 Å². The summed E-state index contributed by atoms with van der Waals surface area (Å²) in [5.74, 6) is -1.31. The fraction of sp³-hybridized carbons (Fsp3) is 0.160. The summed E-state index contributed by atoms with van der Waals surface area (Å²) in [6.07, 6.45) is 2.10. The number of hydrogen-bond acceptors (Lipinski definition) is 2. The van der Waals surface area contributed by atoms with Gasteiger partial charge in [0.2, 0.25) is 5.90 Å². The number of nitrogens with zero attached hydrogens (tertiary/aromatic N) is 2. The quantitative estimate of drug-likeness (QED) is 0.424. The Balaban J connectivity index is 1.36. The second-order valence-electron chi connectivity index (χ2n) is 7.61. The van der Waals surface area contributed by atoms with Gasteiger partial charge in [0.15, 0.2) is 0 Å². The standard InChI is InChI=1S/C25H20F2N2O/c1-16-5-10-23-19(13-16)11-12-29(23)14-17-6-8-18(9-7-17)22-15-30-25(28-22)24-20(26)3-2-4-21(24)27/h2-13,22H,14-15H2,1H3. The molecule has 0 amide bonds. The zero-order valence-electron chi connectivity index (χ0n) is 16.5. The van der Waals surface area contributed by atoms with Crippen molar-refractivity contribution >= 4 is 16.8 Å². The van der Waals surface area contributed by atoms with E-state index in [0.717, 1.165) is 12.1 Å². The Kier molecular flexibility index (Phi) is 4.58. The highest BCUT2D eigenvalue weighted by Gasteiger charge is 2.26. The highest BCUT2D eigenvalue weighted by Crippen LogP contribution is 2.27. The minimum atomic E-state index is -0.668. The Hall–Kier alpha value is -3.47. The predicted molar refractivity (Wildman–Crippen MR) is 114 cm³/mol. The van der Waals surface area contributed by atoms with E-state index in [0.29, 0.717) is 0 Å². The Morgan fingerprint density at radius 1 is 1.00 bits per heavy atom. The molecule has 2 heterocycles. The number of benzene rings is 3. The molecule has 1 aliphatic rings. The zero-order valence-corrected chi connectivity index (χ0v) is 16.5. The molecule has 0 saturated carbocycles. The van der Waals surface area contributed by atoms with Crippen molar-refractivity contribution in [1.82, 2.24) is 4.57 Å². The number of ether oxygens (including phenoxy) is 1. The van der Waals surface area contributed by atoms with Gasteiger partial charge in [0, 0.05) is 18.3 Å². The molecule has 1 unspecified atom stereocenters. The topological polar surface area (TPSA) is 26.5 Å². The molecule has 0 spiro atoms. The Morgan fingerprint density at radius 3 is 2.53 bits per heavy atom. The molecule has 5 rings (SSSR count). The maximum atomic E-state index is 14.0. The number of aryl methyl sites for hydroxylation is 1. The molecule has 3 aromatic carbocycles. The van der Waals surface area contributed by atoms with E-state index in [2.05, 4.69) is 59.1 Å². The first kappa shape index (κ1) is 18.6. The summed E-state index contributed by atoms with van der Waals surface area (Å²) in [4.78, 5) is 4.41. The van der Waals surface area contributed by atoms with Gasteiger partial charge in [0.05, 0.1) is 0 Å². The summed E-state index contributed by atoms with van der Waals surface area (Å²) in [7, 11) is 0. The minimum absolute atomic E-state index is 0.0220. The van der Waals surface area contributed by atoms with Crippen molar-refractivity contribution in [3.63, 3.8) is 0 Å². The van der Waals surface area contributed by atoms with Crippen molar-refractivity contribution in [2.45, 2.75) is 19.5 Å². The van der Waals surface area contributed by atoms with Crippen LogP contribution in [-0.4, -0.2) is 17.1 Å². The molecule has 1 aliphatic heterocycles. The van der Waals surface area contributed by atoms with Crippen LogP contribution < -0.4 is 0 Å². The molecule has 0 fully saturated rings. The molecule has 0 bridgehead atoms. The van der Waals surface area contributed by atoms with Gasteiger partial charge in [0.1, 0.15) is 29.8 Å². The maximum absolute atomic E-state index is 14.0. The third-order valence-corrected chi connectivity index (χ3v) is 5.47. The molecule has 5 heteroatoms. The Morgan fingerprint density at radius 2 is 1.77 bits per heavy atom. The summed E-state index contributed by atoms with van der Waals surface area (Å²) < 4.78 is 35.7. The van der Waals surface area contributed by atoms with Gasteiger partial charge < -0.3 is 9.30 Å². The van der Waals surface area contributed by atoms with E-state index in [4.69, 9.17) is 4.74 Å². The van der Waals surface area contributed by atoms with Crippen LogP contribution in [0.5, 0.6) is 0 Å². The van der Waals surface area contributed by atoms with Crippen LogP contribution in [0.15, 0.2) is 77.9 Å². The van der Waals surface area contributed by atoms with Gasteiger partial charge in [0.25, 0.3) is 0 Å². The molecule has 1 aromatic heterocycles. The lowest BCUT2D eigenvalue weighted by Crippen LogP contribution is -2.07. The monoisotopic (exact) mass is 402 g/mol. The van der Waals surface area contributed by atoms with Crippen molar-refractivity contribution in [2.24, 2.45) is 4.99 Å². The molecule has 4 aromatic rings. The predicted octanol–water partition coefficient (Wildman–Crippen LogP) is 5.79. The highest BCUT2D eigenvalue weighted by atomic mass is 19.1. The second-order valence-corrected chi connectivity index (χ2v) is 7.61. The van der Waals surface area contributed by atoms with Crippen LogP contribution in [0.25, 0.3) is 10.9 Å². The number of aliphatic imine (C=N–C) groups is 1. The van der Waals surface area contributed by atoms with Crippen molar-refractivity contribution in [2.75, 3.05) is 6.61 Å². The van der Waals surface area contributed by atoms with Crippen LogP contribution in [-0.2, 0) is 11.3 Å². The van der Waals surface area contributed by atoms with Gasteiger partial charge in [-0.05, 0) is 53.8 Å². The van der Waals surface area contributed by atoms with Gasteiger partial charge >= 0.3 is 0 Å². The summed E-state index contributed by atoms with van der Waals surface area (Å²) >= 11 is 0. The number of rotatable bonds is 4. The first-order valence-corrected chi connectivity index (χ1v) is 9.88. The second kappa shape index (κ2) is 7.41. The lowest BCUT2D eigenvalue weighted by Gasteiger charge is -2.09. The molecule has 3 nitrogen and oxygen atoms in total. The van der Waals surface area contributed by atoms with Crippen molar-refractivity contribution < 1.29 is 13.5 Å². The summed E-state index contributed by atoms with van der Waals surface area (Å²) in [6.45, 7) is 3.13. The van der Waals surface area contributed by atoms with E-state index in [1.54, 1.807) is 0 Å². The van der Waals surface area contributed by atoms with Crippen LogP contribution in [0.4, 0.5) is 8.78 Å². The lowest BCUT2D eigenvalue weighted by molar-refractivity contribution is 0.317. The number of aromatic nitrogens is 1. The fourth-order valence-corrected chi connectivity index (χ4v) is 3.88.